The van der Waals surface area contributed by atoms with Crippen LogP contribution in [0.3, 0.4) is 0 Å². The Kier molecular flexibility index (Phi) is 4.47. The van der Waals surface area contributed by atoms with Gasteiger partial charge in [-0.2, -0.15) is 40.5 Å². The third-order valence-corrected chi connectivity index (χ3v) is 1.11. The first-order valence-corrected chi connectivity index (χ1v) is 3.04. The molecule has 16 heavy (non-hydrogen) atoms. The summed E-state index contributed by atoms with van der Waals surface area (Å²) in [5.74, 6) is -6.69. The van der Waals surface area contributed by atoms with E-state index in [-0.39, 0.29) is 0 Å². The Bertz CT molecular complexity index is 225. The summed E-state index contributed by atoms with van der Waals surface area (Å²) < 4.78 is 107. The van der Waals surface area contributed by atoms with Crippen LogP contribution in [0, 0.1) is 0 Å². The summed E-state index contributed by atoms with van der Waals surface area (Å²) in [7, 11) is -3.68. The Hall–Kier alpha value is -0.685. The van der Waals surface area contributed by atoms with E-state index in [0.717, 1.165) is 0 Å². The molecule has 0 fully saturated rings. The predicted octanol–water partition coefficient (Wildman–Crippen LogP) is 2.58. The van der Waals surface area contributed by atoms with Gasteiger partial charge in [0.25, 0.3) is 0 Å². The fraction of sp³-hybridized carbons (Fsp3) is 1.00. The molecule has 0 aromatic carbocycles. The van der Waals surface area contributed by atoms with E-state index < -0.39 is 25.5 Å². The van der Waals surface area contributed by atoms with Crippen molar-refractivity contribution in [3.05, 3.63) is 0 Å². The molecule has 0 rings (SSSR count). The van der Waals surface area contributed by atoms with Crippen LogP contribution in [0.1, 0.15) is 0 Å². The molecule has 13 heteroatoms. The fourth-order valence-corrected chi connectivity index (χ4v) is 0.410. The molecule has 0 unspecified atom stereocenters. The van der Waals surface area contributed by atoms with Crippen molar-refractivity contribution in [2.24, 2.45) is 0 Å². The van der Waals surface area contributed by atoms with Crippen molar-refractivity contribution in [3.8, 4) is 0 Å². The molecule has 96 valence electrons. The van der Waals surface area contributed by atoms with Crippen LogP contribution in [0.25, 0.3) is 0 Å². The van der Waals surface area contributed by atoms with Gasteiger partial charge in [0, 0.05) is 0 Å². The fourth-order valence-electron chi connectivity index (χ4n) is 0.410. The third kappa shape index (κ3) is 2.92. The molecule has 0 bridgehead atoms. The largest absolute Gasteiger partial charge is 0.709 e. The average Bonchev–Trinajstić information content (AvgIpc) is 2.12. The first kappa shape index (κ1) is 15.3. The summed E-state index contributed by atoms with van der Waals surface area (Å²) in [4.78, 5) is 4.09. The molecule has 0 aliphatic heterocycles. The van der Waals surface area contributed by atoms with Crippen molar-refractivity contribution >= 4 is 7.32 Å². The van der Waals surface area contributed by atoms with Crippen molar-refractivity contribution in [1.29, 1.82) is 0 Å². The summed E-state index contributed by atoms with van der Waals surface area (Å²) in [5.41, 5.74) is 0. The highest BCUT2D eigenvalue weighted by atomic mass is 19.4. The van der Waals surface area contributed by atoms with Crippen LogP contribution in [0.4, 0.5) is 39.8 Å². The summed E-state index contributed by atoms with van der Waals surface area (Å²) in [5, 5.41) is 0. The second-order valence-electron chi connectivity index (χ2n) is 2.17. The zero-order valence-electron chi connectivity index (χ0n) is 6.70. The van der Waals surface area contributed by atoms with E-state index >= 15 is 0 Å². The van der Waals surface area contributed by atoms with Gasteiger partial charge in [-0.05, 0) is 0 Å². The molecular formula is C3BF9O3. The molecule has 0 saturated heterocycles. The Labute approximate surface area is 81.0 Å². The SMILES string of the molecule is FOB(OF)OC(F)(F)C(F)(F)C(F)(F)F. The Balaban J connectivity index is 4.90. The lowest BCUT2D eigenvalue weighted by molar-refractivity contribution is -0.412. The van der Waals surface area contributed by atoms with E-state index in [9.17, 15) is 39.8 Å². The standard InChI is InChI=1S/C3BF9O3/c5-1(6,2(7,8)9)3(10,11)14-4(15-12)16-13. The molecule has 0 atom stereocenters. The molecule has 0 aliphatic rings. The molecule has 0 N–H and O–H groups in total. The van der Waals surface area contributed by atoms with Crippen LogP contribution in [0.2, 0.25) is 0 Å². The Morgan fingerprint density at radius 2 is 1.12 bits per heavy atom. The lowest BCUT2D eigenvalue weighted by Crippen LogP contribution is -2.55. The lowest BCUT2D eigenvalue weighted by atomic mass is 10.2. The predicted molar refractivity (Wildman–Crippen MR) is 27.2 cm³/mol. The second kappa shape index (κ2) is 4.67. The number of rotatable bonds is 5. The smallest absolute Gasteiger partial charge is 0.318 e. The van der Waals surface area contributed by atoms with Gasteiger partial charge in [-0.25, -0.2) is 0 Å². The van der Waals surface area contributed by atoms with E-state index in [1.807, 2.05) is 9.72 Å². The number of hydrogen-bond donors (Lipinski definition) is 0. The van der Waals surface area contributed by atoms with Crippen LogP contribution in [0.15, 0.2) is 0 Å². The zero-order valence-corrected chi connectivity index (χ0v) is 6.70. The van der Waals surface area contributed by atoms with Gasteiger partial charge in [0.05, 0.1) is 0 Å². The maximum Gasteiger partial charge on any atom is 0.709 e. The van der Waals surface area contributed by atoms with E-state index in [1.165, 1.54) is 0 Å². The highest BCUT2D eigenvalue weighted by molar-refractivity contribution is 6.35. The lowest BCUT2D eigenvalue weighted by Gasteiger charge is -2.27. The molecule has 0 aromatic rings. The zero-order chi connectivity index (χ0) is 13.2. The summed E-state index contributed by atoms with van der Waals surface area (Å²) in [6, 6.07) is 0. The quantitative estimate of drug-likeness (QED) is 0.565. The normalized spacial score (nSPS) is 14.1. The van der Waals surface area contributed by atoms with Crippen molar-refractivity contribution in [2.75, 3.05) is 0 Å². The minimum Gasteiger partial charge on any atom is -0.318 e. The number of halogens is 9. The molecule has 0 spiro atoms. The molecule has 0 radical (unpaired) electrons. The van der Waals surface area contributed by atoms with Crippen LogP contribution in [-0.4, -0.2) is 25.5 Å². The van der Waals surface area contributed by atoms with E-state index in [4.69, 9.17) is 0 Å². The minimum atomic E-state index is -6.70. The number of hydrogen-bond acceptors (Lipinski definition) is 3. The first-order chi connectivity index (χ1) is 6.99. The molecule has 0 amide bonds. The third-order valence-electron chi connectivity index (χ3n) is 1.11. The van der Waals surface area contributed by atoms with Gasteiger partial charge < -0.3 is 4.65 Å². The first-order valence-electron chi connectivity index (χ1n) is 3.04. The molecule has 3 nitrogen and oxygen atoms in total. The van der Waals surface area contributed by atoms with Crippen LogP contribution in [0.5, 0.6) is 0 Å². The summed E-state index contributed by atoms with van der Waals surface area (Å²) in [6.45, 7) is 0. The molecule has 0 aliphatic carbocycles. The maximum absolute atomic E-state index is 12.1. The highest BCUT2D eigenvalue weighted by Crippen LogP contribution is 2.47. The maximum atomic E-state index is 12.1. The van der Waals surface area contributed by atoms with Crippen LogP contribution in [-0.2, 0) is 14.4 Å². The van der Waals surface area contributed by atoms with Gasteiger partial charge >= 0.3 is 25.5 Å². The van der Waals surface area contributed by atoms with Crippen molar-refractivity contribution in [2.45, 2.75) is 18.2 Å². The van der Waals surface area contributed by atoms with Crippen molar-refractivity contribution < 1.29 is 54.2 Å². The molecule has 0 aromatic heterocycles. The molecule has 0 saturated carbocycles. The monoisotopic (exact) mass is 266 g/mol. The van der Waals surface area contributed by atoms with Gasteiger partial charge in [-0.1, -0.05) is 9.05 Å². The van der Waals surface area contributed by atoms with Crippen LogP contribution >= 0.6 is 0 Å². The Morgan fingerprint density at radius 1 is 0.750 bits per heavy atom. The molecular weight excluding hydrogens is 266 g/mol. The van der Waals surface area contributed by atoms with Crippen LogP contribution < -0.4 is 0 Å². The second-order valence-corrected chi connectivity index (χ2v) is 2.17. The van der Waals surface area contributed by atoms with Gasteiger partial charge in [-0.3, -0.25) is 0 Å². The van der Waals surface area contributed by atoms with E-state index in [0.29, 0.717) is 0 Å². The summed E-state index contributed by atoms with van der Waals surface area (Å²) in [6.07, 6.45) is -13.0. The van der Waals surface area contributed by atoms with Gasteiger partial charge in [0.15, 0.2) is 0 Å². The summed E-state index contributed by atoms with van der Waals surface area (Å²) >= 11 is 0. The average molecular weight is 266 g/mol. The van der Waals surface area contributed by atoms with E-state index in [1.54, 1.807) is 0 Å². The van der Waals surface area contributed by atoms with Crippen molar-refractivity contribution in [1.82, 2.24) is 0 Å². The Morgan fingerprint density at radius 3 is 1.38 bits per heavy atom. The van der Waals surface area contributed by atoms with Crippen molar-refractivity contribution in [3.63, 3.8) is 0 Å². The molecule has 0 heterocycles. The minimum absolute atomic E-state index is 2.04. The van der Waals surface area contributed by atoms with Gasteiger partial charge in [-0.15, -0.1) is 0 Å². The topological polar surface area (TPSA) is 27.7 Å². The van der Waals surface area contributed by atoms with Gasteiger partial charge in [0.2, 0.25) is 0 Å². The highest BCUT2D eigenvalue weighted by Gasteiger charge is 2.75. The number of alkyl halides is 7. The van der Waals surface area contributed by atoms with Gasteiger partial charge in [0.1, 0.15) is 0 Å². The van der Waals surface area contributed by atoms with E-state index in [2.05, 4.69) is 4.65 Å².